The zero-order valence-electron chi connectivity index (χ0n) is 19.0. The Morgan fingerprint density at radius 1 is 0.512 bits per heavy atom. The number of alkyl halides is 12. The summed E-state index contributed by atoms with van der Waals surface area (Å²) in [4.78, 5) is 43.7. The molecule has 0 spiro atoms. The zero-order chi connectivity index (χ0) is 31.9. The number of rotatable bonds is 4. The summed E-state index contributed by atoms with van der Waals surface area (Å²) in [5.74, 6) is -12.9. The first-order valence-electron chi connectivity index (χ1n) is 9.99. The average Bonchev–Trinajstić information content (AvgIpc) is 2.79. The van der Waals surface area contributed by atoms with Gasteiger partial charge < -0.3 is 0 Å². The molecule has 20 heteroatoms. The Morgan fingerprint density at radius 2 is 0.756 bits per heavy atom. The fourth-order valence-corrected chi connectivity index (χ4v) is 3.62. The van der Waals surface area contributed by atoms with Crippen molar-refractivity contribution in [2.75, 3.05) is 9.80 Å². The summed E-state index contributed by atoms with van der Waals surface area (Å²) in [5.41, 5.74) is -2.81. The number of carbonyl (C=O) groups excluding carboxylic acids is 4. The van der Waals surface area contributed by atoms with Crippen LogP contribution in [-0.4, -0.2) is 48.3 Å². The summed E-state index contributed by atoms with van der Waals surface area (Å²) in [6.45, 7) is 0. The Morgan fingerprint density at radius 3 is 0.951 bits per heavy atom. The quantitative estimate of drug-likeness (QED) is 0.352. The van der Waals surface area contributed by atoms with Crippen LogP contribution in [0.2, 0.25) is 10.0 Å². The zero-order valence-corrected chi connectivity index (χ0v) is 20.5. The van der Waals surface area contributed by atoms with Crippen LogP contribution in [0.5, 0.6) is 0 Å². The Balaban J connectivity index is 2.49. The molecule has 0 fully saturated rings. The van der Waals surface area contributed by atoms with Crippen LogP contribution in [0.3, 0.4) is 0 Å². The third kappa shape index (κ3) is 7.81. The highest BCUT2D eigenvalue weighted by Gasteiger charge is 2.54. The second-order valence-electron chi connectivity index (χ2n) is 7.63. The van der Waals surface area contributed by atoms with Gasteiger partial charge in [-0.05, 0) is 41.8 Å². The van der Waals surface area contributed by atoms with E-state index in [4.69, 9.17) is 23.2 Å². The van der Waals surface area contributed by atoms with Gasteiger partial charge in [0, 0.05) is 0 Å². The molecule has 0 saturated carbocycles. The van der Waals surface area contributed by atoms with E-state index in [1.54, 1.807) is 0 Å². The topological polar surface area (TPSA) is 74.8 Å². The monoisotopic (exact) mass is 650 g/mol. The number of hydrogen-bond donors (Lipinski definition) is 0. The standard InChI is InChI=1S/C21H8Cl2F12N2O4/c22-10-6-8(1-3-12(10)36(14(38)18(24,25)26)15(39)19(27,28)29)5-9-2-4-13(11(23)7-9)37(16(40)20(30,31)32)17(41)21(33,34)35/h1-4,6-7H,5H2. The second kappa shape index (κ2) is 11.4. The van der Waals surface area contributed by atoms with Crippen LogP contribution in [0.1, 0.15) is 11.1 Å². The average molecular weight is 651 g/mol. The molecule has 41 heavy (non-hydrogen) atoms. The summed E-state index contributed by atoms with van der Waals surface area (Å²) in [5, 5.41) is -1.95. The van der Waals surface area contributed by atoms with Crippen LogP contribution >= 0.6 is 23.2 Å². The minimum atomic E-state index is -5.93. The highest BCUT2D eigenvalue weighted by molar-refractivity contribution is 6.36. The van der Waals surface area contributed by atoms with Gasteiger partial charge in [-0.1, -0.05) is 35.3 Å². The van der Waals surface area contributed by atoms with Crippen LogP contribution in [0.25, 0.3) is 0 Å². The van der Waals surface area contributed by atoms with Crippen molar-refractivity contribution in [3.8, 4) is 0 Å². The lowest BCUT2D eigenvalue weighted by Gasteiger charge is -2.24. The molecule has 6 nitrogen and oxygen atoms in total. The van der Waals surface area contributed by atoms with Crippen molar-refractivity contribution >= 4 is 58.2 Å². The number of imide groups is 2. The van der Waals surface area contributed by atoms with Gasteiger partial charge in [0.1, 0.15) is 0 Å². The van der Waals surface area contributed by atoms with Crippen molar-refractivity contribution in [3.05, 3.63) is 57.6 Å². The Labute approximate surface area is 229 Å². The molecule has 2 aromatic carbocycles. The third-order valence-electron chi connectivity index (χ3n) is 4.70. The molecule has 0 atom stereocenters. The number of hydrogen-bond acceptors (Lipinski definition) is 4. The van der Waals surface area contributed by atoms with Crippen molar-refractivity contribution in [1.82, 2.24) is 0 Å². The normalized spacial score (nSPS) is 12.6. The van der Waals surface area contributed by atoms with Crippen LogP contribution in [-0.2, 0) is 25.6 Å². The first-order chi connectivity index (χ1) is 18.4. The molecular weight excluding hydrogens is 643 g/mol. The maximum Gasteiger partial charge on any atom is 0.472 e. The molecule has 224 valence electrons. The lowest BCUT2D eigenvalue weighted by Crippen LogP contribution is -2.50. The van der Waals surface area contributed by atoms with Crippen LogP contribution in [0.4, 0.5) is 64.1 Å². The van der Waals surface area contributed by atoms with Crippen molar-refractivity contribution in [2.45, 2.75) is 31.1 Å². The van der Waals surface area contributed by atoms with Crippen molar-refractivity contribution in [3.63, 3.8) is 0 Å². The SMILES string of the molecule is O=C(N(C(=O)C(F)(F)F)c1ccc(Cc2ccc(N(C(=O)C(F)(F)F)C(=O)C(F)(F)F)c(Cl)c2)cc1Cl)C(F)(F)F. The summed E-state index contributed by atoms with van der Waals surface area (Å²) in [7, 11) is 0. The molecule has 0 N–H and O–H groups in total. The van der Waals surface area contributed by atoms with Gasteiger partial charge in [-0.2, -0.15) is 52.7 Å². The lowest BCUT2D eigenvalue weighted by molar-refractivity contribution is -0.182. The second-order valence-corrected chi connectivity index (χ2v) is 8.45. The van der Waals surface area contributed by atoms with E-state index in [1.807, 2.05) is 0 Å². The van der Waals surface area contributed by atoms with Crippen LogP contribution < -0.4 is 9.80 Å². The molecule has 0 heterocycles. The van der Waals surface area contributed by atoms with Crippen LogP contribution in [0.15, 0.2) is 36.4 Å². The van der Waals surface area contributed by atoms with E-state index in [2.05, 4.69) is 0 Å². The fourth-order valence-electron chi connectivity index (χ4n) is 3.05. The fraction of sp³-hybridized carbons (Fsp3) is 0.238. The van der Waals surface area contributed by atoms with Crippen molar-refractivity contribution < 1.29 is 71.9 Å². The molecule has 0 saturated heterocycles. The molecular formula is C21H8Cl2F12N2O4. The van der Waals surface area contributed by atoms with Crippen LogP contribution in [0, 0.1) is 0 Å². The molecule has 0 bridgehead atoms. The van der Waals surface area contributed by atoms with E-state index in [1.165, 1.54) is 0 Å². The predicted molar refractivity (Wildman–Crippen MR) is 115 cm³/mol. The maximum atomic E-state index is 12.9. The number of anilines is 2. The van der Waals surface area contributed by atoms with E-state index >= 15 is 0 Å². The lowest BCUT2D eigenvalue weighted by atomic mass is 10.0. The van der Waals surface area contributed by atoms with Gasteiger partial charge in [0.2, 0.25) is 0 Å². The van der Waals surface area contributed by atoms with Gasteiger partial charge in [-0.3, -0.25) is 19.2 Å². The summed E-state index contributed by atoms with van der Waals surface area (Å²) in [6, 6.07) is 3.85. The molecule has 2 aromatic rings. The molecule has 4 amide bonds. The van der Waals surface area contributed by atoms with Gasteiger partial charge >= 0.3 is 48.3 Å². The maximum absolute atomic E-state index is 12.9. The van der Waals surface area contributed by atoms with E-state index in [-0.39, 0.29) is 11.1 Å². The smallest absolute Gasteiger partial charge is 0.263 e. The Kier molecular flexibility index (Phi) is 9.35. The van der Waals surface area contributed by atoms with Gasteiger partial charge in [0.25, 0.3) is 0 Å². The summed E-state index contributed by atoms with van der Waals surface area (Å²) >= 11 is 11.5. The van der Waals surface area contributed by atoms with E-state index in [0.717, 1.165) is 12.1 Å². The summed E-state index contributed by atoms with van der Waals surface area (Å²) < 4.78 is 154. The Hall–Kier alpha value is -3.54. The largest absolute Gasteiger partial charge is 0.472 e. The number of nitrogens with zero attached hydrogens (tertiary/aromatic N) is 2. The molecule has 0 aliphatic heterocycles. The molecule has 0 aliphatic carbocycles. The van der Waals surface area contributed by atoms with E-state index in [9.17, 15) is 71.9 Å². The van der Waals surface area contributed by atoms with Gasteiger partial charge in [-0.15, -0.1) is 0 Å². The number of benzene rings is 2. The van der Waals surface area contributed by atoms with Gasteiger partial charge in [0.05, 0.1) is 21.4 Å². The Bertz CT molecular complexity index is 1230. The molecule has 0 radical (unpaired) electrons. The summed E-state index contributed by atoms with van der Waals surface area (Å²) in [6.07, 6.45) is -24.2. The first kappa shape index (κ1) is 33.7. The van der Waals surface area contributed by atoms with Gasteiger partial charge in [0.15, 0.2) is 0 Å². The van der Waals surface area contributed by atoms with E-state index in [0.29, 0.717) is 24.3 Å². The number of carbonyl (C=O) groups is 4. The van der Waals surface area contributed by atoms with Crippen molar-refractivity contribution in [2.24, 2.45) is 0 Å². The third-order valence-corrected chi connectivity index (χ3v) is 5.30. The van der Waals surface area contributed by atoms with Crippen molar-refractivity contribution in [1.29, 1.82) is 0 Å². The molecule has 0 aromatic heterocycles. The first-order valence-corrected chi connectivity index (χ1v) is 10.7. The van der Waals surface area contributed by atoms with E-state index < -0.39 is 86.0 Å². The minimum Gasteiger partial charge on any atom is -0.263 e. The molecule has 0 unspecified atom stereocenters. The molecule has 0 aliphatic rings. The highest BCUT2D eigenvalue weighted by Crippen LogP contribution is 2.36. The predicted octanol–water partition coefficient (Wildman–Crippen LogP) is 6.55. The molecule has 2 rings (SSSR count). The minimum absolute atomic E-state index is 0.0870. The van der Waals surface area contributed by atoms with Gasteiger partial charge in [-0.25, -0.2) is 9.80 Å². The highest BCUT2D eigenvalue weighted by atomic mass is 35.5. The number of halogens is 14. The number of amides is 4.